The van der Waals surface area contributed by atoms with E-state index in [0.29, 0.717) is 0 Å². The van der Waals surface area contributed by atoms with Crippen LogP contribution in [0.2, 0.25) is 0 Å². The Balaban J connectivity index is 0.00000312. The molecule has 0 aliphatic carbocycles. The van der Waals surface area contributed by atoms with Gasteiger partial charge in [-0.25, -0.2) is 4.68 Å². The summed E-state index contributed by atoms with van der Waals surface area (Å²) in [5, 5.41) is 10.9. The number of nitrogens with one attached hydrogen (secondary N) is 2. The molecule has 0 unspecified atom stereocenters. The molecule has 1 aromatic carbocycles. The van der Waals surface area contributed by atoms with Gasteiger partial charge in [-0.3, -0.25) is 4.99 Å². The maximum absolute atomic E-state index is 4.25. The number of halogens is 1. The van der Waals surface area contributed by atoms with Gasteiger partial charge < -0.3 is 15.5 Å². The highest BCUT2D eigenvalue weighted by Crippen LogP contribution is 2.08. The van der Waals surface area contributed by atoms with Crippen LogP contribution in [-0.2, 0) is 6.42 Å². The molecule has 2 rings (SSSR count). The highest BCUT2D eigenvalue weighted by molar-refractivity contribution is 14.0. The van der Waals surface area contributed by atoms with Gasteiger partial charge in [0.15, 0.2) is 5.96 Å². The van der Waals surface area contributed by atoms with Crippen molar-refractivity contribution in [2.45, 2.75) is 12.8 Å². The Hall–Kier alpha value is -1.61. The fourth-order valence-electron chi connectivity index (χ4n) is 2.38. The minimum atomic E-state index is 0. The molecule has 7 heteroatoms. The van der Waals surface area contributed by atoms with Crippen LogP contribution in [0, 0.1) is 0 Å². The molecular formula is C18H29IN6. The molecule has 6 nitrogen and oxygen atoms in total. The molecule has 0 spiro atoms. The Morgan fingerprint density at radius 3 is 2.48 bits per heavy atom. The lowest BCUT2D eigenvalue weighted by Crippen LogP contribution is -2.39. The fourth-order valence-corrected chi connectivity index (χ4v) is 2.38. The number of nitrogens with zero attached hydrogens (tertiary/aromatic N) is 4. The van der Waals surface area contributed by atoms with Crippen molar-refractivity contribution in [1.29, 1.82) is 0 Å². The third kappa shape index (κ3) is 7.87. The number of hydrogen-bond acceptors (Lipinski definition) is 3. The van der Waals surface area contributed by atoms with Crippen LogP contribution < -0.4 is 10.6 Å². The first-order valence-corrected chi connectivity index (χ1v) is 8.37. The maximum atomic E-state index is 4.25. The number of rotatable bonds is 8. The van der Waals surface area contributed by atoms with Crippen LogP contribution in [0.4, 0.5) is 0 Å². The van der Waals surface area contributed by atoms with Crippen LogP contribution in [0.5, 0.6) is 0 Å². The fraction of sp³-hybridized carbons (Fsp3) is 0.444. The molecule has 0 atom stereocenters. The molecule has 0 bridgehead atoms. The number of aliphatic imine (C=N–C) groups is 1. The molecule has 138 valence electrons. The Labute approximate surface area is 167 Å². The maximum Gasteiger partial charge on any atom is 0.190 e. The molecule has 0 fully saturated rings. The van der Waals surface area contributed by atoms with Crippen LogP contribution >= 0.6 is 24.0 Å². The summed E-state index contributed by atoms with van der Waals surface area (Å²) >= 11 is 0. The van der Waals surface area contributed by atoms with Gasteiger partial charge >= 0.3 is 0 Å². The van der Waals surface area contributed by atoms with Gasteiger partial charge in [0, 0.05) is 32.5 Å². The highest BCUT2D eigenvalue weighted by atomic mass is 127. The van der Waals surface area contributed by atoms with E-state index in [9.17, 15) is 0 Å². The summed E-state index contributed by atoms with van der Waals surface area (Å²) in [6.07, 6.45) is 5.79. The summed E-state index contributed by atoms with van der Waals surface area (Å²) in [5.41, 5.74) is 2.37. The van der Waals surface area contributed by atoms with Gasteiger partial charge in [-0.2, -0.15) is 5.10 Å². The van der Waals surface area contributed by atoms with Gasteiger partial charge in [0.1, 0.15) is 0 Å². The lowest BCUT2D eigenvalue weighted by molar-refractivity contribution is 0.399. The number of guanidine groups is 1. The van der Waals surface area contributed by atoms with Gasteiger partial charge in [-0.15, -0.1) is 24.0 Å². The van der Waals surface area contributed by atoms with E-state index in [1.165, 1.54) is 5.56 Å². The Kier molecular flexibility index (Phi) is 10.2. The van der Waals surface area contributed by atoms with Crippen molar-refractivity contribution in [3.05, 3.63) is 48.3 Å². The van der Waals surface area contributed by atoms with Crippen LogP contribution in [0.25, 0.3) is 5.69 Å². The van der Waals surface area contributed by atoms with Crippen molar-refractivity contribution in [3.8, 4) is 5.69 Å². The number of aromatic nitrogens is 2. The summed E-state index contributed by atoms with van der Waals surface area (Å²) < 4.78 is 1.86. The molecule has 0 aliphatic rings. The number of benzene rings is 1. The van der Waals surface area contributed by atoms with Crippen molar-refractivity contribution in [2.75, 3.05) is 40.8 Å². The molecule has 0 radical (unpaired) electrons. The molecule has 25 heavy (non-hydrogen) atoms. The Morgan fingerprint density at radius 2 is 1.88 bits per heavy atom. The smallest absolute Gasteiger partial charge is 0.190 e. The quantitative estimate of drug-likeness (QED) is 0.277. The largest absolute Gasteiger partial charge is 0.356 e. The predicted octanol–water partition coefficient (Wildman–Crippen LogP) is 2.15. The topological polar surface area (TPSA) is 57.5 Å². The zero-order valence-corrected chi connectivity index (χ0v) is 17.6. The van der Waals surface area contributed by atoms with E-state index in [1.54, 1.807) is 13.2 Å². The van der Waals surface area contributed by atoms with E-state index < -0.39 is 0 Å². The van der Waals surface area contributed by atoms with Crippen molar-refractivity contribution in [3.63, 3.8) is 0 Å². The van der Waals surface area contributed by atoms with E-state index in [1.807, 2.05) is 16.9 Å². The molecule has 0 saturated heterocycles. The van der Waals surface area contributed by atoms with Crippen LogP contribution in [-0.4, -0.2) is 61.4 Å². The predicted molar refractivity (Wildman–Crippen MR) is 115 cm³/mol. The van der Waals surface area contributed by atoms with Crippen molar-refractivity contribution in [2.24, 2.45) is 4.99 Å². The van der Waals surface area contributed by atoms with E-state index in [4.69, 9.17) is 0 Å². The first-order chi connectivity index (χ1) is 11.7. The van der Waals surface area contributed by atoms with E-state index in [-0.39, 0.29) is 24.0 Å². The zero-order valence-electron chi connectivity index (χ0n) is 15.3. The normalized spacial score (nSPS) is 11.3. The SMILES string of the molecule is CN=C(NCCCN(C)C)NCCc1ccc(-n2cccn2)cc1.I. The molecule has 1 heterocycles. The summed E-state index contributed by atoms with van der Waals surface area (Å²) in [6.45, 7) is 2.86. The van der Waals surface area contributed by atoms with Gasteiger partial charge in [0.25, 0.3) is 0 Å². The first kappa shape index (κ1) is 21.4. The van der Waals surface area contributed by atoms with Gasteiger partial charge in [-0.05, 0) is 57.2 Å². The average molecular weight is 456 g/mol. The molecule has 0 aliphatic heterocycles. The molecule has 2 N–H and O–H groups in total. The third-order valence-electron chi connectivity index (χ3n) is 3.71. The van der Waals surface area contributed by atoms with Crippen molar-refractivity contribution < 1.29 is 0 Å². The lowest BCUT2D eigenvalue weighted by atomic mass is 10.1. The lowest BCUT2D eigenvalue weighted by Gasteiger charge is -2.13. The molecule has 0 amide bonds. The first-order valence-electron chi connectivity index (χ1n) is 8.37. The summed E-state index contributed by atoms with van der Waals surface area (Å²) in [6, 6.07) is 10.4. The Morgan fingerprint density at radius 1 is 1.16 bits per heavy atom. The standard InChI is InChI=1S/C18H28N6.HI/c1-19-18(20-11-4-14-23(2)3)21-13-10-16-6-8-17(9-7-16)24-15-5-12-22-24;/h5-9,12,15H,4,10-11,13-14H2,1-3H3,(H2,19,20,21);1H. The average Bonchev–Trinajstić information content (AvgIpc) is 3.12. The summed E-state index contributed by atoms with van der Waals surface area (Å²) in [5.74, 6) is 0.863. The minimum absolute atomic E-state index is 0. The van der Waals surface area contributed by atoms with Crippen LogP contribution in [0.1, 0.15) is 12.0 Å². The summed E-state index contributed by atoms with van der Waals surface area (Å²) in [4.78, 5) is 6.44. The molecule has 1 aromatic heterocycles. The zero-order chi connectivity index (χ0) is 17.2. The molecular weight excluding hydrogens is 427 g/mol. The second-order valence-corrected chi connectivity index (χ2v) is 5.95. The third-order valence-corrected chi connectivity index (χ3v) is 3.71. The molecule has 2 aromatic rings. The Bertz CT molecular complexity index is 607. The van der Waals surface area contributed by atoms with Crippen molar-refractivity contribution >= 4 is 29.9 Å². The highest BCUT2D eigenvalue weighted by Gasteiger charge is 2.00. The molecule has 0 saturated carbocycles. The van der Waals surface area contributed by atoms with E-state index >= 15 is 0 Å². The second-order valence-electron chi connectivity index (χ2n) is 5.95. The van der Waals surface area contributed by atoms with Crippen LogP contribution in [0.3, 0.4) is 0 Å². The van der Waals surface area contributed by atoms with Gasteiger partial charge in [0.2, 0.25) is 0 Å². The minimum Gasteiger partial charge on any atom is -0.356 e. The number of hydrogen-bond donors (Lipinski definition) is 2. The van der Waals surface area contributed by atoms with Gasteiger partial charge in [-0.1, -0.05) is 12.1 Å². The second kappa shape index (κ2) is 11.9. The summed E-state index contributed by atoms with van der Waals surface area (Å²) in [7, 11) is 5.98. The van der Waals surface area contributed by atoms with E-state index in [2.05, 4.69) is 64.0 Å². The van der Waals surface area contributed by atoms with E-state index in [0.717, 1.165) is 44.1 Å². The van der Waals surface area contributed by atoms with Gasteiger partial charge in [0.05, 0.1) is 5.69 Å². The van der Waals surface area contributed by atoms with Crippen LogP contribution in [0.15, 0.2) is 47.7 Å². The monoisotopic (exact) mass is 456 g/mol. The van der Waals surface area contributed by atoms with Crippen molar-refractivity contribution in [1.82, 2.24) is 25.3 Å².